The smallest absolute Gasteiger partial charge is 0.306 e. The van der Waals surface area contributed by atoms with Crippen molar-refractivity contribution < 1.29 is 22.8 Å². The summed E-state index contributed by atoms with van der Waals surface area (Å²) in [6.07, 6.45) is 1.52. The Kier molecular flexibility index (Phi) is 4.81. The summed E-state index contributed by atoms with van der Waals surface area (Å²) >= 11 is 6.27. The summed E-state index contributed by atoms with van der Waals surface area (Å²) in [5, 5.41) is 19.7. The van der Waals surface area contributed by atoms with Crippen molar-refractivity contribution in [2.45, 2.75) is 12.3 Å². The molecule has 0 saturated carbocycles. The largest absolute Gasteiger partial charge is 0.508 e. The number of fused-ring (bicyclic) bond motifs is 1. The summed E-state index contributed by atoms with van der Waals surface area (Å²) in [7, 11) is -3.74. The first-order chi connectivity index (χ1) is 11.7. The third-order valence-electron chi connectivity index (χ3n) is 4.14. The Morgan fingerprint density at radius 2 is 1.88 bits per heavy atom. The van der Waals surface area contributed by atoms with E-state index in [-0.39, 0.29) is 23.2 Å². The monoisotopic (exact) mass is 383 g/mol. The predicted molar refractivity (Wildman–Crippen MR) is 94.7 cm³/mol. The second-order valence-corrected chi connectivity index (χ2v) is 8.12. The number of rotatable bonds is 3. The molecule has 6 nitrogen and oxygen atoms in total. The maximum absolute atomic E-state index is 11.4. The van der Waals surface area contributed by atoms with Crippen LogP contribution >= 0.6 is 11.8 Å². The molecule has 1 heterocycles. The Morgan fingerprint density at radius 1 is 1.20 bits per heavy atom. The molecule has 2 aromatic carbocycles. The molecule has 0 spiro atoms. The van der Waals surface area contributed by atoms with Gasteiger partial charge in [-0.1, -0.05) is 12.1 Å². The molecule has 2 aromatic rings. The highest BCUT2D eigenvalue weighted by molar-refractivity contribution is 7.86. The van der Waals surface area contributed by atoms with Crippen LogP contribution in [0.3, 0.4) is 0 Å². The van der Waals surface area contributed by atoms with E-state index in [1.54, 1.807) is 34.8 Å². The molecule has 1 atom stereocenters. The highest BCUT2D eigenvalue weighted by atomic mass is 35.5. The summed E-state index contributed by atoms with van der Waals surface area (Å²) in [5.41, 5.74) is 2.65. The van der Waals surface area contributed by atoms with Crippen molar-refractivity contribution in [3.63, 3.8) is 0 Å². The molecule has 0 fully saturated rings. The summed E-state index contributed by atoms with van der Waals surface area (Å²) in [6, 6.07) is 9.88. The van der Waals surface area contributed by atoms with Gasteiger partial charge in [-0.15, -0.1) is 0 Å². The fourth-order valence-corrected chi connectivity index (χ4v) is 3.70. The fourth-order valence-electron chi connectivity index (χ4n) is 3.02. The molecular weight excluding hydrogens is 366 g/mol. The van der Waals surface area contributed by atoms with Gasteiger partial charge in [-0.3, -0.25) is 0 Å². The van der Waals surface area contributed by atoms with Crippen molar-refractivity contribution in [1.29, 1.82) is 0 Å². The first-order valence-corrected chi connectivity index (χ1v) is 9.83. The van der Waals surface area contributed by atoms with E-state index >= 15 is 0 Å². The van der Waals surface area contributed by atoms with Crippen molar-refractivity contribution in [2.24, 2.45) is 0 Å². The Hall–Kier alpha value is -1.96. The SMILES string of the molecule is CS(=O)(=O)Oc1cc2c(cc1O)C(c1ccc(O)cc1)CN(Cl)CC2. The van der Waals surface area contributed by atoms with Crippen LogP contribution in [0.2, 0.25) is 0 Å². The number of benzene rings is 2. The predicted octanol–water partition coefficient (Wildman–Crippen LogP) is 2.58. The van der Waals surface area contributed by atoms with Crippen LogP contribution in [0.4, 0.5) is 0 Å². The topological polar surface area (TPSA) is 87.1 Å². The van der Waals surface area contributed by atoms with Gasteiger partial charge in [0.15, 0.2) is 11.5 Å². The molecule has 1 aliphatic rings. The third kappa shape index (κ3) is 4.18. The van der Waals surface area contributed by atoms with Crippen molar-refractivity contribution in [2.75, 3.05) is 19.3 Å². The minimum absolute atomic E-state index is 0.0891. The minimum Gasteiger partial charge on any atom is -0.508 e. The summed E-state index contributed by atoms with van der Waals surface area (Å²) in [6.45, 7) is 1.09. The van der Waals surface area contributed by atoms with Crippen LogP contribution in [0.1, 0.15) is 22.6 Å². The van der Waals surface area contributed by atoms with Crippen molar-refractivity contribution in [3.8, 4) is 17.2 Å². The van der Waals surface area contributed by atoms with Crippen molar-refractivity contribution in [3.05, 3.63) is 53.1 Å². The molecule has 2 N–H and O–H groups in total. The van der Waals surface area contributed by atoms with Crippen LogP contribution in [-0.4, -0.2) is 42.4 Å². The number of hydrogen-bond acceptors (Lipinski definition) is 6. The van der Waals surface area contributed by atoms with E-state index in [1.165, 1.54) is 6.07 Å². The second-order valence-electron chi connectivity index (χ2n) is 6.07. The lowest BCUT2D eigenvalue weighted by atomic mass is 9.88. The molecule has 8 heteroatoms. The van der Waals surface area contributed by atoms with Gasteiger partial charge in [0.2, 0.25) is 0 Å². The Labute approximate surface area is 151 Å². The van der Waals surface area contributed by atoms with Gasteiger partial charge in [0.1, 0.15) is 5.75 Å². The molecule has 1 unspecified atom stereocenters. The van der Waals surface area contributed by atoms with Gasteiger partial charge in [0.05, 0.1) is 6.26 Å². The molecule has 0 saturated heterocycles. The van der Waals surface area contributed by atoms with Gasteiger partial charge < -0.3 is 14.4 Å². The van der Waals surface area contributed by atoms with E-state index in [1.807, 2.05) is 0 Å². The van der Waals surface area contributed by atoms with Crippen LogP contribution in [-0.2, 0) is 16.5 Å². The van der Waals surface area contributed by atoms with E-state index in [0.29, 0.717) is 19.5 Å². The van der Waals surface area contributed by atoms with Crippen molar-refractivity contribution >= 4 is 21.9 Å². The van der Waals surface area contributed by atoms with Gasteiger partial charge in [-0.2, -0.15) is 8.42 Å². The van der Waals surface area contributed by atoms with E-state index in [0.717, 1.165) is 22.9 Å². The van der Waals surface area contributed by atoms with Crippen LogP contribution in [0.15, 0.2) is 36.4 Å². The normalized spacial score (nSPS) is 18.4. The lowest BCUT2D eigenvalue weighted by Crippen LogP contribution is -2.19. The Morgan fingerprint density at radius 3 is 2.52 bits per heavy atom. The average molecular weight is 384 g/mol. The summed E-state index contributed by atoms with van der Waals surface area (Å²) in [4.78, 5) is 0. The van der Waals surface area contributed by atoms with Crippen LogP contribution in [0.25, 0.3) is 0 Å². The molecule has 0 bridgehead atoms. The molecule has 0 radical (unpaired) electrons. The number of aromatic hydroxyl groups is 2. The minimum atomic E-state index is -3.74. The average Bonchev–Trinajstić information content (AvgIpc) is 2.67. The number of halogens is 1. The Bertz CT molecular complexity index is 883. The van der Waals surface area contributed by atoms with Crippen LogP contribution < -0.4 is 4.18 Å². The zero-order valence-electron chi connectivity index (χ0n) is 13.5. The van der Waals surface area contributed by atoms with Gasteiger partial charge in [-0.25, -0.2) is 4.42 Å². The zero-order chi connectivity index (χ0) is 18.2. The molecule has 0 aliphatic carbocycles. The quantitative estimate of drug-likeness (QED) is 0.625. The molecule has 1 aliphatic heterocycles. The molecule has 3 rings (SSSR count). The zero-order valence-corrected chi connectivity index (χ0v) is 15.1. The molecular formula is C17H18ClNO5S. The lowest BCUT2D eigenvalue weighted by Gasteiger charge is -2.21. The fraction of sp³-hybridized carbons (Fsp3) is 0.294. The highest BCUT2D eigenvalue weighted by Gasteiger charge is 2.26. The van der Waals surface area contributed by atoms with Crippen LogP contribution in [0.5, 0.6) is 17.2 Å². The number of phenolic OH excluding ortho intramolecular Hbond substituents is 2. The highest BCUT2D eigenvalue weighted by Crippen LogP contribution is 2.39. The van der Waals surface area contributed by atoms with E-state index in [2.05, 4.69) is 0 Å². The van der Waals surface area contributed by atoms with Gasteiger partial charge >= 0.3 is 10.1 Å². The summed E-state index contributed by atoms with van der Waals surface area (Å²) in [5.74, 6) is -0.293. The standard InChI is InChI=1S/C17H18ClNO5S/c1-25(22,23)24-17-8-12-6-7-19(18)10-15(14(12)9-16(17)21)11-2-4-13(20)5-3-11/h2-5,8-9,15,20-21H,6-7,10H2,1H3. The second kappa shape index (κ2) is 6.74. The maximum Gasteiger partial charge on any atom is 0.306 e. The summed E-state index contributed by atoms with van der Waals surface area (Å²) < 4.78 is 29.3. The first kappa shape index (κ1) is 17.8. The van der Waals surface area contributed by atoms with E-state index in [4.69, 9.17) is 16.0 Å². The van der Waals surface area contributed by atoms with Gasteiger partial charge in [0.25, 0.3) is 0 Å². The molecule has 0 amide bonds. The van der Waals surface area contributed by atoms with Gasteiger partial charge in [0, 0.05) is 19.0 Å². The third-order valence-corrected chi connectivity index (χ3v) is 4.93. The van der Waals surface area contributed by atoms with E-state index in [9.17, 15) is 18.6 Å². The molecule has 25 heavy (non-hydrogen) atoms. The van der Waals surface area contributed by atoms with Crippen molar-refractivity contribution in [1.82, 2.24) is 4.42 Å². The lowest BCUT2D eigenvalue weighted by molar-refractivity contribution is 0.429. The molecule has 0 aromatic heterocycles. The van der Waals surface area contributed by atoms with Gasteiger partial charge in [-0.05, 0) is 59.2 Å². The number of hydrogen-bond donors (Lipinski definition) is 2. The van der Waals surface area contributed by atoms with Crippen LogP contribution in [0, 0.1) is 0 Å². The first-order valence-electron chi connectivity index (χ1n) is 7.68. The van der Waals surface area contributed by atoms with E-state index < -0.39 is 10.1 Å². The Balaban J connectivity index is 2.08. The number of phenols is 2. The molecule has 134 valence electrons. The number of nitrogens with zero attached hydrogens (tertiary/aromatic N) is 1. The maximum atomic E-state index is 11.4.